The van der Waals surface area contributed by atoms with E-state index in [-0.39, 0.29) is 5.41 Å². The first kappa shape index (κ1) is 13.6. The smallest absolute Gasteiger partial charge is 0.0499 e. The van der Waals surface area contributed by atoms with E-state index in [0.717, 1.165) is 19.5 Å². The summed E-state index contributed by atoms with van der Waals surface area (Å²) in [6, 6.07) is 8.81. The van der Waals surface area contributed by atoms with Crippen molar-refractivity contribution in [2.75, 3.05) is 13.2 Å². The lowest BCUT2D eigenvalue weighted by Crippen LogP contribution is -2.34. The lowest BCUT2D eigenvalue weighted by molar-refractivity contribution is 0.128. The Bertz CT molecular complexity index is 352. The average molecular weight is 247 g/mol. The van der Waals surface area contributed by atoms with Crippen molar-refractivity contribution in [1.82, 2.24) is 5.32 Å². The van der Waals surface area contributed by atoms with Crippen LogP contribution in [0.3, 0.4) is 0 Å². The molecule has 2 N–H and O–H groups in total. The number of rotatable bonds is 6. The van der Waals surface area contributed by atoms with E-state index in [4.69, 9.17) is 0 Å². The molecule has 0 aromatic heterocycles. The summed E-state index contributed by atoms with van der Waals surface area (Å²) in [6.45, 7) is 4.36. The molecule has 1 aromatic carbocycles. The second kappa shape index (κ2) is 6.35. The Morgan fingerprint density at radius 2 is 1.72 bits per heavy atom. The minimum absolute atomic E-state index is 0.156. The minimum Gasteiger partial charge on any atom is -0.396 e. The van der Waals surface area contributed by atoms with Crippen molar-refractivity contribution in [3.8, 4) is 0 Å². The molecule has 0 bridgehead atoms. The molecule has 1 aliphatic carbocycles. The minimum atomic E-state index is 0.156. The molecule has 2 heteroatoms. The molecule has 0 unspecified atom stereocenters. The van der Waals surface area contributed by atoms with Gasteiger partial charge in [0.1, 0.15) is 0 Å². The Morgan fingerprint density at radius 1 is 1.11 bits per heavy atom. The van der Waals surface area contributed by atoms with E-state index in [2.05, 4.69) is 36.5 Å². The summed E-state index contributed by atoms with van der Waals surface area (Å²) in [5, 5.41) is 13.1. The van der Waals surface area contributed by atoms with Crippen LogP contribution in [0.5, 0.6) is 0 Å². The number of aliphatic hydroxyl groups excluding tert-OH is 1. The van der Waals surface area contributed by atoms with Crippen molar-refractivity contribution < 1.29 is 5.11 Å². The first-order valence-corrected chi connectivity index (χ1v) is 7.17. The van der Waals surface area contributed by atoms with Gasteiger partial charge in [0.05, 0.1) is 0 Å². The van der Waals surface area contributed by atoms with Crippen molar-refractivity contribution in [1.29, 1.82) is 0 Å². The molecule has 0 heterocycles. The zero-order chi connectivity index (χ0) is 12.8. The second-order valence-electron chi connectivity index (χ2n) is 5.64. The molecule has 1 aliphatic rings. The summed E-state index contributed by atoms with van der Waals surface area (Å²) in [7, 11) is 0. The van der Waals surface area contributed by atoms with Gasteiger partial charge in [0.15, 0.2) is 0 Å². The van der Waals surface area contributed by atoms with E-state index in [9.17, 15) is 5.11 Å². The third kappa shape index (κ3) is 3.33. The molecular weight excluding hydrogens is 222 g/mol. The third-order valence-corrected chi connectivity index (χ3v) is 4.26. The highest BCUT2D eigenvalue weighted by Crippen LogP contribution is 2.36. The Labute approximate surface area is 110 Å². The van der Waals surface area contributed by atoms with Crippen LogP contribution in [0.15, 0.2) is 24.3 Å². The van der Waals surface area contributed by atoms with Crippen molar-refractivity contribution in [2.24, 2.45) is 5.41 Å². The number of benzene rings is 1. The van der Waals surface area contributed by atoms with Gasteiger partial charge in [0.2, 0.25) is 0 Å². The number of aryl methyl sites for hydroxylation is 1. The SMILES string of the molecule is CCc1ccc(CNCC2(CO)CCCC2)cc1. The van der Waals surface area contributed by atoms with Gasteiger partial charge in [-0.2, -0.15) is 0 Å². The summed E-state index contributed by atoms with van der Waals surface area (Å²) in [6.07, 6.45) is 5.98. The van der Waals surface area contributed by atoms with Gasteiger partial charge in [-0.3, -0.25) is 0 Å². The number of aliphatic hydroxyl groups is 1. The lowest BCUT2D eigenvalue weighted by Gasteiger charge is -2.26. The average Bonchev–Trinajstić information content (AvgIpc) is 2.89. The number of hydrogen-bond acceptors (Lipinski definition) is 2. The summed E-state index contributed by atoms with van der Waals surface area (Å²) in [4.78, 5) is 0. The highest BCUT2D eigenvalue weighted by Gasteiger charge is 2.32. The summed E-state index contributed by atoms with van der Waals surface area (Å²) in [5.41, 5.74) is 2.88. The van der Waals surface area contributed by atoms with Crippen LogP contribution in [0.2, 0.25) is 0 Å². The first-order chi connectivity index (χ1) is 8.78. The molecule has 0 atom stereocenters. The van der Waals surface area contributed by atoms with Gasteiger partial charge in [-0.1, -0.05) is 44.0 Å². The largest absolute Gasteiger partial charge is 0.396 e. The molecule has 1 aromatic rings. The molecular formula is C16H25NO. The van der Waals surface area contributed by atoms with Gasteiger partial charge in [0, 0.05) is 25.1 Å². The van der Waals surface area contributed by atoms with E-state index in [1.807, 2.05) is 0 Å². The van der Waals surface area contributed by atoms with Gasteiger partial charge >= 0.3 is 0 Å². The van der Waals surface area contributed by atoms with Crippen LogP contribution in [0, 0.1) is 5.41 Å². The molecule has 0 radical (unpaired) electrons. The highest BCUT2D eigenvalue weighted by atomic mass is 16.3. The van der Waals surface area contributed by atoms with Crippen LogP contribution in [0.1, 0.15) is 43.7 Å². The molecule has 0 spiro atoms. The Balaban J connectivity index is 1.80. The molecule has 1 fully saturated rings. The van der Waals surface area contributed by atoms with Crippen LogP contribution in [-0.2, 0) is 13.0 Å². The van der Waals surface area contributed by atoms with Crippen LogP contribution in [-0.4, -0.2) is 18.3 Å². The Morgan fingerprint density at radius 3 is 2.28 bits per heavy atom. The van der Waals surface area contributed by atoms with Crippen molar-refractivity contribution in [3.63, 3.8) is 0 Å². The maximum Gasteiger partial charge on any atom is 0.0499 e. The van der Waals surface area contributed by atoms with Crippen LogP contribution < -0.4 is 5.32 Å². The molecule has 2 rings (SSSR count). The number of nitrogens with one attached hydrogen (secondary N) is 1. The van der Waals surface area contributed by atoms with E-state index in [1.165, 1.54) is 36.8 Å². The maximum absolute atomic E-state index is 9.54. The highest BCUT2D eigenvalue weighted by molar-refractivity contribution is 5.22. The number of hydrogen-bond donors (Lipinski definition) is 2. The lowest BCUT2D eigenvalue weighted by atomic mass is 9.87. The summed E-state index contributed by atoms with van der Waals surface area (Å²) in [5.74, 6) is 0. The molecule has 2 nitrogen and oxygen atoms in total. The van der Waals surface area contributed by atoms with E-state index in [0.29, 0.717) is 6.61 Å². The first-order valence-electron chi connectivity index (χ1n) is 7.17. The van der Waals surface area contributed by atoms with Crippen molar-refractivity contribution in [2.45, 2.75) is 45.6 Å². The van der Waals surface area contributed by atoms with Gasteiger partial charge in [-0.25, -0.2) is 0 Å². The zero-order valence-electron chi connectivity index (χ0n) is 11.4. The summed E-state index contributed by atoms with van der Waals surface area (Å²) >= 11 is 0. The maximum atomic E-state index is 9.54. The Kier molecular flexibility index (Phi) is 4.79. The van der Waals surface area contributed by atoms with Crippen molar-refractivity contribution >= 4 is 0 Å². The fourth-order valence-corrected chi connectivity index (χ4v) is 2.88. The van der Waals surface area contributed by atoms with E-state index < -0.39 is 0 Å². The van der Waals surface area contributed by atoms with Crippen LogP contribution in [0.4, 0.5) is 0 Å². The molecule has 0 amide bonds. The van der Waals surface area contributed by atoms with E-state index in [1.54, 1.807) is 0 Å². The fraction of sp³-hybridized carbons (Fsp3) is 0.625. The molecule has 1 saturated carbocycles. The van der Waals surface area contributed by atoms with Crippen LogP contribution in [0.25, 0.3) is 0 Å². The fourth-order valence-electron chi connectivity index (χ4n) is 2.88. The Hall–Kier alpha value is -0.860. The normalized spacial score (nSPS) is 18.1. The predicted octanol–water partition coefficient (Wildman–Crippen LogP) is 2.89. The van der Waals surface area contributed by atoms with Gasteiger partial charge in [-0.05, 0) is 30.4 Å². The molecule has 18 heavy (non-hydrogen) atoms. The van der Waals surface area contributed by atoms with Crippen LogP contribution >= 0.6 is 0 Å². The zero-order valence-corrected chi connectivity index (χ0v) is 11.4. The van der Waals surface area contributed by atoms with Crippen molar-refractivity contribution in [3.05, 3.63) is 35.4 Å². The second-order valence-corrected chi connectivity index (χ2v) is 5.64. The quantitative estimate of drug-likeness (QED) is 0.810. The van der Waals surface area contributed by atoms with E-state index >= 15 is 0 Å². The standard InChI is InChI=1S/C16H25NO/c1-2-14-5-7-15(8-6-14)11-17-12-16(13-18)9-3-4-10-16/h5-8,17-18H,2-4,9-13H2,1H3. The van der Waals surface area contributed by atoms with Gasteiger partial charge in [0.25, 0.3) is 0 Å². The van der Waals surface area contributed by atoms with Gasteiger partial charge in [-0.15, -0.1) is 0 Å². The molecule has 100 valence electrons. The predicted molar refractivity (Wildman–Crippen MR) is 75.5 cm³/mol. The summed E-state index contributed by atoms with van der Waals surface area (Å²) < 4.78 is 0. The monoisotopic (exact) mass is 247 g/mol. The molecule has 0 saturated heterocycles. The third-order valence-electron chi connectivity index (χ3n) is 4.26. The topological polar surface area (TPSA) is 32.3 Å². The molecule has 0 aliphatic heterocycles. The van der Waals surface area contributed by atoms with Gasteiger partial charge < -0.3 is 10.4 Å².